The average Bonchev–Trinajstić information content (AvgIpc) is 3.02. The Bertz CT molecular complexity index is 1950. The molecule has 6 aromatic rings. The molecule has 1 atom stereocenters. The number of rotatable bonds is 4. The molecule has 0 aromatic heterocycles. The predicted octanol–water partition coefficient (Wildman–Crippen LogP) is 8.30. The standard InChI is InChI=1S/C40H36BN/c1-29-18-22-32(23-19-29)39-37-16-10-11-17-38(37)42(3,4)41(35-14-6-5-7-15-35,36-26-20-30(2)21-27-36)40(39)34-25-24-31-12-8-9-13-33(31)28-34/h5-28H,1-4H3. The van der Waals surface area contributed by atoms with Crippen molar-refractivity contribution < 1.29 is 0 Å². The molecule has 1 aliphatic heterocycles. The lowest BCUT2D eigenvalue weighted by molar-refractivity contribution is 0.610. The SMILES string of the molecule is Cc1ccc(C2=C(c3ccc4ccccc4c3)[B-](c3ccccc3)(c3ccc(C)cc3)[N+](C)(C)c3ccccc32)cc1. The zero-order valence-corrected chi connectivity index (χ0v) is 24.9. The third kappa shape index (κ3) is 3.90. The maximum Gasteiger partial charge on any atom is 0.296 e. The molecular weight excluding hydrogens is 505 g/mol. The Morgan fingerprint density at radius 1 is 0.476 bits per heavy atom. The number of aryl methyl sites for hydroxylation is 2. The van der Waals surface area contributed by atoms with Crippen molar-refractivity contribution in [3.05, 3.63) is 173 Å². The zero-order chi connectivity index (χ0) is 28.9. The summed E-state index contributed by atoms with van der Waals surface area (Å²) < 4.78 is 0.709. The summed E-state index contributed by atoms with van der Waals surface area (Å²) in [5.74, 6) is 0. The van der Waals surface area contributed by atoms with Crippen molar-refractivity contribution in [1.29, 1.82) is 0 Å². The largest absolute Gasteiger partial charge is 0.474 e. The third-order valence-electron chi connectivity index (χ3n) is 9.69. The minimum absolute atomic E-state index is 0.709. The van der Waals surface area contributed by atoms with Gasteiger partial charge in [-0.25, -0.2) is 0 Å². The van der Waals surface area contributed by atoms with Crippen molar-refractivity contribution in [2.75, 3.05) is 14.1 Å². The molecule has 42 heavy (non-hydrogen) atoms. The maximum atomic E-state index is 2.42. The van der Waals surface area contributed by atoms with Gasteiger partial charge < -0.3 is 4.39 Å². The van der Waals surface area contributed by atoms with Gasteiger partial charge in [0.25, 0.3) is 6.28 Å². The summed E-state index contributed by atoms with van der Waals surface area (Å²) in [7, 11) is 4.83. The van der Waals surface area contributed by atoms with E-state index < -0.39 is 6.28 Å². The van der Waals surface area contributed by atoms with Gasteiger partial charge in [-0.2, -0.15) is 0 Å². The Morgan fingerprint density at radius 2 is 1.02 bits per heavy atom. The summed E-state index contributed by atoms with van der Waals surface area (Å²) in [6, 6.07) is 54.6. The number of benzene rings is 6. The van der Waals surface area contributed by atoms with Gasteiger partial charge in [-0.05, 0) is 54.0 Å². The molecule has 0 aliphatic carbocycles. The van der Waals surface area contributed by atoms with E-state index in [0.717, 1.165) is 0 Å². The topological polar surface area (TPSA) is 0 Å². The van der Waals surface area contributed by atoms with Crippen LogP contribution in [-0.4, -0.2) is 20.4 Å². The van der Waals surface area contributed by atoms with Gasteiger partial charge in [0.15, 0.2) is 0 Å². The van der Waals surface area contributed by atoms with Crippen LogP contribution in [0, 0.1) is 13.8 Å². The van der Waals surface area contributed by atoms with Crippen LogP contribution in [0.25, 0.3) is 21.8 Å². The Morgan fingerprint density at radius 3 is 1.74 bits per heavy atom. The first kappa shape index (κ1) is 26.3. The van der Waals surface area contributed by atoms with E-state index in [1.165, 1.54) is 66.2 Å². The highest BCUT2D eigenvalue weighted by atomic mass is 15.3. The Kier molecular flexibility index (Phi) is 6.26. The van der Waals surface area contributed by atoms with Gasteiger partial charge in [-0.15, -0.1) is 16.4 Å². The minimum atomic E-state index is -1.57. The number of hydrogen-bond acceptors (Lipinski definition) is 0. The fourth-order valence-electron chi connectivity index (χ4n) is 7.69. The van der Waals surface area contributed by atoms with Crippen LogP contribution in [-0.2, 0) is 0 Å². The zero-order valence-electron chi connectivity index (χ0n) is 24.9. The second kappa shape index (κ2) is 10.0. The molecule has 0 amide bonds. The number of quaternary nitrogens is 1. The summed E-state index contributed by atoms with van der Waals surface area (Å²) in [4.78, 5) is 0. The van der Waals surface area contributed by atoms with E-state index >= 15 is 0 Å². The van der Waals surface area contributed by atoms with Crippen LogP contribution in [0.15, 0.2) is 146 Å². The summed E-state index contributed by atoms with van der Waals surface area (Å²) in [6.45, 7) is 4.35. The van der Waals surface area contributed by atoms with E-state index in [2.05, 4.69) is 174 Å². The first-order valence-corrected chi connectivity index (χ1v) is 14.9. The van der Waals surface area contributed by atoms with Crippen LogP contribution >= 0.6 is 0 Å². The van der Waals surface area contributed by atoms with Gasteiger partial charge in [0.1, 0.15) is 0 Å². The quantitative estimate of drug-likeness (QED) is 0.197. The average molecular weight is 542 g/mol. The van der Waals surface area contributed by atoms with E-state index in [9.17, 15) is 0 Å². The summed E-state index contributed by atoms with van der Waals surface area (Å²) in [5, 5.41) is 2.52. The molecular formula is C40H36BN. The van der Waals surface area contributed by atoms with E-state index in [1.54, 1.807) is 0 Å². The fraction of sp³-hybridized carbons (Fsp3) is 0.100. The molecule has 2 heteroatoms. The molecule has 0 saturated carbocycles. The van der Waals surface area contributed by atoms with Crippen LogP contribution in [0.5, 0.6) is 0 Å². The number of nitrogens with zero attached hydrogens (tertiary/aromatic N) is 1. The van der Waals surface area contributed by atoms with E-state index in [4.69, 9.17) is 0 Å². The van der Waals surface area contributed by atoms with E-state index in [1.807, 2.05) is 0 Å². The van der Waals surface area contributed by atoms with Gasteiger partial charge >= 0.3 is 0 Å². The predicted molar refractivity (Wildman–Crippen MR) is 184 cm³/mol. The highest BCUT2D eigenvalue weighted by molar-refractivity contribution is 7.16. The second-order valence-corrected chi connectivity index (χ2v) is 12.4. The van der Waals surface area contributed by atoms with Crippen molar-refractivity contribution in [2.24, 2.45) is 0 Å². The molecule has 0 N–H and O–H groups in total. The van der Waals surface area contributed by atoms with Gasteiger partial charge in [0.2, 0.25) is 0 Å². The smallest absolute Gasteiger partial charge is 0.296 e. The monoisotopic (exact) mass is 541 g/mol. The molecule has 6 aromatic carbocycles. The van der Waals surface area contributed by atoms with Gasteiger partial charge in [-0.3, -0.25) is 0 Å². The fourth-order valence-corrected chi connectivity index (χ4v) is 7.69. The normalized spacial score (nSPS) is 17.7. The maximum absolute atomic E-state index is 2.42. The number of para-hydroxylation sites is 1. The minimum Gasteiger partial charge on any atom is -0.474 e. The first-order chi connectivity index (χ1) is 20.4. The number of fused-ring (bicyclic) bond motifs is 2. The lowest BCUT2D eigenvalue weighted by Crippen LogP contribution is -2.80. The Labute approximate surface area is 249 Å². The molecule has 0 spiro atoms. The molecule has 0 saturated heterocycles. The lowest BCUT2D eigenvalue weighted by Gasteiger charge is -2.61. The van der Waals surface area contributed by atoms with E-state index in [0.29, 0.717) is 4.39 Å². The van der Waals surface area contributed by atoms with Crippen molar-refractivity contribution in [2.45, 2.75) is 13.8 Å². The van der Waals surface area contributed by atoms with Crippen LogP contribution in [0.2, 0.25) is 0 Å². The van der Waals surface area contributed by atoms with Crippen molar-refractivity contribution in [3.8, 4) is 0 Å². The molecule has 1 nitrogen and oxygen atoms in total. The van der Waals surface area contributed by atoms with Gasteiger partial charge in [-0.1, -0.05) is 144 Å². The molecule has 0 radical (unpaired) electrons. The van der Waals surface area contributed by atoms with Crippen LogP contribution in [0.3, 0.4) is 0 Å². The highest BCUT2D eigenvalue weighted by Gasteiger charge is 2.53. The van der Waals surface area contributed by atoms with Crippen molar-refractivity contribution in [3.63, 3.8) is 0 Å². The van der Waals surface area contributed by atoms with Crippen LogP contribution in [0.4, 0.5) is 5.69 Å². The summed E-state index contributed by atoms with van der Waals surface area (Å²) in [6.07, 6.45) is -1.57. The van der Waals surface area contributed by atoms with E-state index in [-0.39, 0.29) is 0 Å². The molecule has 1 aliphatic rings. The molecule has 7 rings (SSSR count). The van der Waals surface area contributed by atoms with Crippen molar-refractivity contribution >= 4 is 44.7 Å². The summed E-state index contributed by atoms with van der Waals surface area (Å²) in [5.41, 5.74) is 13.1. The molecule has 1 heterocycles. The highest BCUT2D eigenvalue weighted by Crippen LogP contribution is 2.50. The lowest BCUT2D eigenvalue weighted by atomic mass is 9.19. The molecule has 0 fully saturated rings. The molecule has 204 valence electrons. The second-order valence-electron chi connectivity index (χ2n) is 12.4. The first-order valence-electron chi connectivity index (χ1n) is 14.9. The molecule has 1 unspecified atom stereocenters. The van der Waals surface area contributed by atoms with Crippen molar-refractivity contribution in [1.82, 2.24) is 4.39 Å². The van der Waals surface area contributed by atoms with Gasteiger partial charge in [0.05, 0.1) is 5.69 Å². The number of hydrogen-bond donors (Lipinski definition) is 0. The Balaban J connectivity index is 1.74. The molecule has 0 bridgehead atoms. The summed E-state index contributed by atoms with van der Waals surface area (Å²) >= 11 is 0. The third-order valence-corrected chi connectivity index (χ3v) is 9.69. The van der Waals surface area contributed by atoms with Gasteiger partial charge in [0, 0.05) is 19.7 Å². The van der Waals surface area contributed by atoms with Crippen LogP contribution in [0.1, 0.15) is 27.8 Å². The Hall–Kier alpha value is -4.66. The van der Waals surface area contributed by atoms with Crippen LogP contribution < -0.4 is 15.3 Å².